The number of aromatic nitrogens is 3. The van der Waals surface area contributed by atoms with Gasteiger partial charge in [0.1, 0.15) is 17.1 Å². The molecule has 2 saturated heterocycles. The lowest BCUT2D eigenvalue weighted by atomic mass is 9.98. The Morgan fingerprint density at radius 2 is 1.93 bits per heavy atom. The van der Waals surface area contributed by atoms with Gasteiger partial charge in [-0.05, 0) is 61.4 Å². The highest BCUT2D eigenvalue weighted by atomic mass is 16.5. The third-order valence-corrected chi connectivity index (χ3v) is 9.45. The van der Waals surface area contributed by atoms with E-state index in [-0.39, 0.29) is 18.0 Å². The van der Waals surface area contributed by atoms with Crippen molar-refractivity contribution in [1.29, 1.82) is 0 Å². The third kappa shape index (κ3) is 4.36. The zero-order valence-corrected chi connectivity index (χ0v) is 24.1. The lowest BCUT2D eigenvalue weighted by Gasteiger charge is -2.41. The van der Waals surface area contributed by atoms with Crippen LogP contribution in [0.4, 0.5) is 5.69 Å². The Bertz CT molecular complexity index is 1620. The number of anilines is 1. The van der Waals surface area contributed by atoms with E-state index < -0.39 is 0 Å². The molecule has 2 aliphatic heterocycles. The number of piperidine rings is 1. The predicted octanol–water partition coefficient (Wildman–Crippen LogP) is 4.68. The summed E-state index contributed by atoms with van der Waals surface area (Å²) in [6.07, 6.45) is 6.85. The first-order chi connectivity index (χ1) is 19.9. The Morgan fingerprint density at radius 1 is 1.10 bits per heavy atom. The molecule has 2 aromatic carbocycles. The number of nitrogens with zero attached hydrogens (tertiary/aromatic N) is 5. The molecule has 0 spiro atoms. The molecule has 8 heteroatoms. The summed E-state index contributed by atoms with van der Waals surface area (Å²) in [5.41, 5.74) is 13.5. The first-order valence-electron chi connectivity index (χ1n) is 14.8. The van der Waals surface area contributed by atoms with Crippen LogP contribution in [0.15, 0.2) is 54.9 Å². The van der Waals surface area contributed by atoms with E-state index in [0.717, 1.165) is 67.9 Å². The normalized spacial score (nSPS) is 22.0. The van der Waals surface area contributed by atoms with E-state index >= 15 is 0 Å². The number of hydrogen-bond acceptors (Lipinski definition) is 6. The maximum atomic E-state index is 13.8. The van der Waals surface area contributed by atoms with Crippen molar-refractivity contribution in [3.8, 4) is 17.1 Å². The highest BCUT2D eigenvalue weighted by molar-refractivity contribution is 6.00. The summed E-state index contributed by atoms with van der Waals surface area (Å²) in [7, 11) is 1.68. The molecular weight excluding hydrogens is 512 g/mol. The highest BCUT2D eigenvalue weighted by Crippen LogP contribution is 2.40. The van der Waals surface area contributed by atoms with Crippen molar-refractivity contribution in [2.24, 2.45) is 17.6 Å². The van der Waals surface area contributed by atoms with Gasteiger partial charge in [0.05, 0.1) is 24.5 Å². The number of imidazole rings is 1. The lowest BCUT2D eigenvalue weighted by Crippen LogP contribution is -2.48. The number of carbonyl (C=O) groups excluding carboxylic acids is 1. The summed E-state index contributed by atoms with van der Waals surface area (Å²) in [4.78, 5) is 27.7. The molecule has 4 aromatic rings. The molecule has 3 aliphatic rings. The first-order valence-corrected chi connectivity index (χ1v) is 14.8. The number of rotatable bonds is 7. The van der Waals surface area contributed by atoms with Crippen LogP contribution in [0.2, 0.25) is 0 Å². The fourth-order valence-corrected chi connectivity index (χ4v) is 7.25. The van der Waals surface area contributed by atoms with E-state index in [1.165, 1.54) is 16.8 Å². The van der Waals surface area contributed by atoms with E-state index in [1.54, 1.807) is 7.11 Å². The standard InChI is InChI=1S/C33H38N6O2/c1-4-22-7-5-6-8-26(22)32-36-27-12-24(33(40)38-19-23-9-10-28(38)30(23)34)13-29(41-3)31(27)39(32)18-21-16-37(17-21)25-11-20(2)14-35-15-25/h5-8,11-15,21,23,28,30H,4,9-10,16-19,34H2,1-3H3/t23-,28-,30-/m1/s1. The lowest BCUT2D eigenvalue weighted by molar-refractivity contribution is 0.0700. The zero-order chi connectivity index (χ0) is 28.2. The van der Waals surface area contributed by atoms with Crippen molar-refractivity contribution in [3.63, 3.8) is 0 Å². The van der Waals surface area contributed by atoms with Crippen molar-refractivity contribution in [2.75, 3.05) is 31.6 Å². The average Bonchev–Trinajstić information content (AvgIpc) is 3.62. The molecule has 1 aliphatic carbocycles. The van der Waals surface area contributed by atoms with Crippen LogP contribution in [0.3, 0.4) is 0 Å². The fourth-order valence-electron chi connectivity index (χ4n) is 7.25. The van der Waals surface area contributed by atoms with Gasteiger partial charge in [0.2, 0.25) is 0 Å². The van der Waals surface area contributed by atoms with Gasteiger partial charge in [0.25, 0.3) is 5.91 Å². The number of likely N-dealkylation sites (tertiary alicyclic amines) is 1. The van der Waals surface area contributed by atoms with Crippen LogP contribution < -0.4 is 15.4 Å². The molecule has 0 unspecified atom stereocenters. The molecule has 2 N–H and O–H groups in total. The number of hydrogen-bond donors (Lipinski definition) is 1. The van der Waals surface area contributed by atoms with E-state index in [0.29, 0.717) is 23.1 Å². The minimum Gasteiger partial charge on any atom is -0.494 e. The van der Waals surface area contributed by atoms with E-state index in [2.05, 4.69) is 58.6 Å². The number of nitrogens with two attached hydrogens (primary N) is 1. The number of pyridine rings is 1. The smallest absolute Gasteiger partial charge is 0.254 e. The van der Waals surface area contributed by atoms with Crippen LogP contribution >= 0.6 is 0 Å². The topological polar surface area (TPSA) is 89.5 Å². The summed E-state index contributed by atoms with van der Waals surface area (Å²) >= 11 is 0. The van der Waals surface area contributed by atoms with Gasteiger partial charge in [0.15, 0.2) is 0 Å². The summed E-state index contributed by atoms with van der Waals surface area (Å²) in [5, 5.41) is 0. The molecule has 2 bridgehead atoms. The number of methoxy groups -OCH3 is 1. The molecule has 0 radical (unpaired) electrons. The molecule has 1 amide bonds. The largest absolute Gasteiger partial charge is 0.494 e. The quantitative estimate of drug-likeness (QED) is 0.360. The van der Waals surface area contributed by atoms with Crippen molar-refractivity contribution in [1.82, 2.24) is 19.4 Å². The minimum absolute atomic E-state index is 0.0271. The van der Waals surface area contributed by atoms with Crippen LogP contribution in [0, 0.1) is 18.8 Å². The molecule has 41 heavy (non-hydrogen) atoms. The van der Waals surface area contributed by atoms with Gasteiger partial charge in [-0.3, -0.25) is 9.78 Å². The van der Waals surface area contributed by atoms with Gasteiger partial charge < -0.3 is 24.8 Å². The summed E-state index contributed by atoms with van der Waals surface area (Å²) in [5.74, 6) is 2.50. The van der Waals surface area contributed by atoms with Crippen molar-refractivity contribution in [3.05, 3.63) is 71.5 Å². The van der Waals surface area contributed by atoms with Gasteiger partial charge in [-0.1, -0.05) is 31.2 Å². The van der Waals surface area contributed by atoms with Crippen LogP contribution in [0.5, 0.6) is 5.75 Å². The molecular formula is C33H38N6O2. The average molecular weight is 551 g/mol. The van der Waals surface area contributed by atoms with Gasteiger partial charge in [0, 0.05) is 61.5 Å². The second-order valence-electron chi connectivity index (χ2n) is 12.0. The zero-order valence-electron chi connectivity index (χ0n) is 24.1. The maximum Gasteiger partial charge on any atom is 0.254 e. The van der Waals surface area contributed by atoms with E-state index in [1.807, 2.05) is 29.4 Å². The van der Waals surface area contributed by atoms with E-state index in [4.69, 9.17) is 15.5 Å². The molecule has 8 nitrogen and oxygen atoms in total. The Hall–Kier alpha value is -3.91. The number of carbonyl (C=O) groups is 1. The van der Waals surface area contributed by atoms with Crippen LogP contribution in [0.1, 0.15) is 41.3 Å². The molecule has 3 atom stereocenters. The fraction of sp³-hybridized carbons (Fsp3) is 0.424. The van der Waals surface area contributed by atoms with Gasteiger partial charge >= 0.3 is 0 Å². The third-order valence-electron chi connectivity index (χ3n) is 9.45. The Morgan fingerprint density at radius 3 is 2.63 bits per heavy atom. The number of ether oxygens (including phenoxy) is 1. The Labute approximate surface area is 241 Å². The van der Waals surface area contributed by atoms with E-state index in [9.17, 15) is 4.79 Å². The Kier molecular flexibility index (Phi) is 6.46. The maximum absolute atomic E-state index is 13.8. The van der Waals surface area contributed by atoms with Crippen LogP contribution in [-0.2, 0) is 13.0 Å². The molecule has 212 valence electrons. The number of aryl methyl sites for hydroxylation is 2. The second kappa shape index (κ2) is 10.2. The van der Waals surface area contributed by atoms with Crippen LogP contribution in [-0.4, -0.2) is 64.2 Å². The van der Waals surface area contributed by atoms with Gasteiger partial charge in [-0.15, -0.1) is 0 Å². The first kappa shape index (κ1) is 26.0. The molecule has 7 rings (SSSR count). The highest BCUT2D eigenvalue weighted by Gasteiger charge is 2.47. The summed E-state index contributed by atoms with van der Waals surface area (Å²) in [6.45, 7) is 7.72. The van der Waals surface area contributed by atoms with Crippen LogP contribution in [0.25, 0.3) is 22.4 Å². The SMILES string of the molecule is CCc1ccccc1-c1nc2cc(C(=O)N3C[C@H]4CC[C@@H]3[C@@H]4N)cc(OC)c2n1CC1CN(c2cncc(C)c2)C1. The van der Waals surface area contributed by atoms with Gasteiger partial charge in [-0.25, -0.2) is 4.98 Å². The van der Waals surface area contributed by atoms with Crippen molar-refractivity contribution in [2.45, 2.75) is 51.7 Å². The minimum atomic E-state index is 0.0271. The molecule has 4 heterocycles. The number of benzene rings is 2. The van der Waals surface area contributed by atoms with Crippen molar-refractivity contribution < 1.29 is 9.53 Å². The predicted molar refractivity (Wildman–Crippen MR) is 161 cm³/mol. The summed E-state index contributed by atoms with van der Waals surface area (Å²) in [6, 6.07) is 14.8. The molecule has 1 saturated carbocycles. The summed E-state index contributed by atoms with van der Waals surface area (Å²) < 4.78 is 8.29. The Balaban J connectivity index is 1.27. The monoisotopic (exact) mass is 550 g/mol. The number of fused-ring (bicyclic) bond motifs is 3. The second-order valence-corrected chi connectivity index (χ2v) is 12.0. The molecule has 2 aromatic heterocycles. The molecule has 3 fully saturated rings. The van der Waals surface area contributed by atoms with Gasteiger partial charge in [-0.2, -0.15) is 0 Å². The van der Waals surface area contributed by atoms with Crippen molar-refractivity contribution >= 4 is 22.6 Å². The number of amides is 1.